The second kappa shape index (κ2) is 5.73. The van der Waals surface area contributed by atoms with Gasteiger partial charge in [0.2, 0.25) is 0 Å². The molecule has 2 aliphatic heterocycles. The van der Waals surface area contributed by atoms with Gasteiger partial charge in [-0.3, -0.25) is 4.79 Å². The molecule has 7 heteroatoms. The molecule has 2 saturated heterocycles. The van der Waals surface area contributed by atoms with E-state index in [1.807, 2.05) is 34.5 Å². The molecule has 4 rings (SSSR count). The van der Waals surface area contributed by atoms with Gasteiger partial charge in [-0.05, 0) is 36.5 Å². The zero-order valence-electron chi connectivity index (χ0n) is 12.4. The number of carbonyl (C=O) groups excluding carboxylic acids is 2. The molecule has 1 aromatic carbocycles. The Balaban J connectivity index is 1.46. The molecule has 2 aromatic rings. The van der Waals surface area contributed by atoms with Gasteiger partial charge in [0.05, 0.1) is 0 Å². The minimum atomic E-state index is -0.104. The fourth-order valence-electron chi connectivity index (χ4n) is 3.51. The maximum Gasteiger partial charge on any atom is 0.322 e. The summed E-state index contributed by atoms with van der Waals surface area (Å²) >= 11 is 1.31. The number of aromatic nitrogens is 2. The molecule has 0 spiro atoms. The Morgan fingerprint density at radius 2 is 1.87 bits per heavy atom. The summed E-state index contributed by atoms with van der Waals surface area (Å²) in [5, 5.41) is 8.85. The molecular formula is C16H16N4O2S. The molecule has 118 valence electrons. The number of Topliss-reactive ketones (excluding diaryl/α,β-unsaturated/α-hetero) is 1. The third-order valence-electron chi connectivity index (χ3n) is 4.57. The zero-order chi connectivity index (χ0) is 15.8. The lowest BCUT2D eigenvalue weighted by Gasteiger charge is -2.33. The van der Waals surface area contributed by atoms with Crippen LogP contribution < -0.4 is 5.32 Å². The van der Waals surface area contributed by atoms with Crippen molar-refractivity contribution in [3.8, 4) is 11.3 Å². The fraction of sp³-hybridized carbons (Fsp3) is 0.375. The van der Waals surface area contributed by atoms with Gasteiger partial charge in [-0.15, -0.1) is 5.10 Å². The van der Waals surface area contributed by atoms with Crippen LogP contribution in [0.3, 0.4) is 0 Å². The number of benzene rings is 1. The van der Waals surface area contributed by atoms with Gasteiger partial charge in [0.25, 0.3) is 0 Å². The lowest BCUT2D eigenvalue weighted by molar-refractivity contribution is -0.122. The minimum absolute atomic E-state index is 0.0709. The molecule has 23 heavy (non-hydrogen) atoms. The molecule has 6 nitrogen and oxygen atoms in total. The van der Waals surface area contributed by atoms with Gasteiger partial charge in [-0.2, -0.15) is 0 Å². The Hall–Kier alpha value is -2.28. The van der Waals surface area contributed by atoms with Crippen molar-refractivity contribution in [1.82, 2.24) is 14.5 Å². The summed E-state index contributed by atoms with van der Waals surface area (Å²) in [5.74, 6) is 0.280. The van der Waals surface area contributed by atoms with Crippen LogP contribution in [0.2, 0.25) is 0 Å². The van der Waals surface area contributed by atoms with Crippen LogP contribution in [0.25, 0.3) is 11.3 Å². The quantitative estimate of drug-likeness (QED) is 0.919. The number of ketones is 1. The average molecular weight is 328 g/mol. The number of anilines is 1. The zero-order valence-corrected chi connectivity index (χ0v) is 13.3. The van der Waals surface area contributed by atoms with Gasteiger partial charge < -0.3 is 10.2 Å². The molecule has 2 aliphatic rings. The largest absolute Gasteiger partial charge is 0.322 e. The van der Waals surface area contributed by atoms with Crippen molar-refractivity contribution in [1.29, 1.82) is 0 Å². The lowest BCUT2D eigenvalue weighted by atomic mass is 10.0. The van der Waals surface area contributed by atoms with Crippen LogP contribution in [0.4, 0.5) is 10.5 Å². The van der Waals surface area contributed by atoms with Crippen LogP contribution in [0.1, 0.15) is 25.7 Å². The Bertz CT molecular complexity index is 713. The van der Waals surface area contributed by atoms with E-state index in [2.05, 4.69) is 14.9 Å². The number of rotatable bonds is 2. The van der Waals surface area contributed by atoms with Gasteiger partial charge in [-0.25, -0.2) is 4.79 Å². The molecule has 0 aliphatic carbocycles. The van der Waals surface area contributed by atoms with Gasteiger partial charge in [0, 0.05) is 41.6 Å². The van der Waals surface area contributed by atoms with E-state index >= 15 is 0 Å². The van der Waals surface area contributed by atoms with Crippen LogP contribution in [0, 0.1) is 0 Å². The van der Waals surface area contributed by atoms with Crippen molar-refractivity contribution in [2.24, 2.45) is 0 Å². The molecule has 2 atom stereocenters. The summed E-state index contributed by atoms with van der Waals surface area (Å²) in [6, 6.07) is 7.60. The van der Waals surface area contributed by atoms with Gasteiger partial charge in [-0.1, -0.05) is 16.6 Å². The van der Waals surface area contributed by atoms with Crippen LogP contribution in [0.5, 0.6) is 0 Å². The van der Waals surface area contributed by atoms with E-state index in [-0.39, 0.29) is 23.9 Å². The van der Waals surface area contributed by atoms with E-state index in [1.54, 1.807) is 0 Å². The van der Waals surface area contributed by atoms with Crippen LogP contribution >= 0.6 is 11.5 Å². The first-order valence-corrected chi connectivity index (χ1v) is 8.53. The molecular weight excluding hydrogens is 312 g/mol. The minimum Gasteiger partial charge on any atom is -0.318 e. The van der Waals surface area contributed by atoms with Crippen LogP contribution in [-0.4, -0.2) is 38.4 Å². The lowest BCUT2D eigenvalue weighted by Crippen LogP contribution is -2.48. The Morgan fingerprint density at radius 1 is 1.17 bits per heavy atom. The number of fused-ring (bicyclic) bond motifs is 2. The third-order valence-corrected chi connectivity index (χ3v) is 5.08. The van der Waals surface area contributed by atoms with E-state index in [4.69, 9.17) is 0 Å². The standard InChI is InChI=1S/C16H16N4O2S/c21-14-7-12-5-6-13(8-14)20(12)16(22)17-11-3-1-10(2-4-11)15-9-23-19-18-15/h1-4,9,12-13H,5-8H2,(H,17,22)/t12-,13+. The highest BCUT2D eigenvalue weighted by Gasteiger charge is 2.42. The molecule has 3 heterocycles. The number of hydrogen-bond acceptors (Lipinski definition) is 5. The van der Waals surface area contributed by atoms with Crippen molar-refractivity contribution in [3.05, 3.63) is 29.6 Å². The Kier molecular flexibility index (Phi) is 3.57. The van der Waals surface area contributed by atoms with E-state index in [9.17, 15) is 9.59 Å². The predicted octanol–water partition coefficient (Wildman–Crippen LogP) is 2.93. The number of hydrogen-bond donors (Lipinski definition) is 1. The SMILES string of the molecule is O=C1C[C@H]2CC[C@@H](C1)N2C(=O)Nc1ccc(-c2csnn2)cc1. The second-order valence-corrected chi connectivity index (χ2v) is 6.65. The van der Waals surface area contributed by atoms with Gasteiger partial charge in [0.1, 0.15) is 11.5 Å². The Morgan fingerprint density at radius 3 is 2.48 bits per heavy atom. The first kappa shape index (κ1) is 14.3. The Labute approximate surface area is 137 Å². The molecule has 2 fully saturated rings. The molecule has 2 amide bonds. The summed E-state index contributed by atoms with van der Waals surface area (Å²) in [4.78, 5) is 26.0. The highest BCUT2D eigenvalue weighted by Crippen LogP contribution is 2.34. The first-order chi connectivity index (χ1) is 11.2. The molecule has 1 N–H and O–H groups in total. The highest BCUT2D eigenvalue weighted by atomic mass is 32.1. The number of piperidine rings is 1. The van der Waals surface area contributed by atoms with E-state index in [0.717, 1.165) is 29.8 Å². The summed E-state index contributed by atoms with van der Waals surface area (Å²) in [5.41, 5.74) is 2.55. The summed E-state index contributed by atoms with van der Waals surface area (Å²) in [6.45, 7) is 0. The number of urea groups is 1. The van der Waals surface area contributed by atoms with E-state index in [1.165, 1.54) is 11.5 Å². The number of amides is 2. The molecule has 1 aromatic heterocycles. The van der Waals surface area contributed by atoms with Gasteiger partial charge in [0.15, 0.2) is 0 Å². The van der Waals surface area contributed by atoms with E-state index < -0.39 is 0 Å². The fourth-order valence-corrected chi connectivity index (χ4v) is 3.97. The molecule has 2 bridgehead atoms. The number of nitrogens with zero attached hydrogens (tertiary/aromatic N) is 3. The predicted molar refractivity (Wildman–Crippen MR) is 87.3 cm³/mol. The van der Waals surface area contributed by atoms with Gasteiger partial charge >= 0.3 is 6.03 Å². The summed E-state index contributed by atoms with van der Waals surface area (Å²) in [7, 11) is 0. The normalized spacial score (nSPS) is 23.1. The summed E-state index contributed by atoms with van der Waals surface area (Å²) < 4.78 is 3.85. The highest BCUT2D eigenvalue weighted by molar-refractivity contribution is 7.03. The second-order valence-electron chi connectivity index (χ2n) is 6.04. The maximum absolute atomic E-state index is 12.5. The number of nitrogens with one attached hydrogen (secondary N) is 1. The number of carbonyl (C=O) groups is 2. The van der Waals surface area contributed by atoms with Crippen LogP contribution in [-0.2, 0) is 4.79 Å². The third kappa shape index (κ3) is 2.72. The summed E-state index contributed by atoms with van der Waals surface area (Å²) in [6.07, 6.45) is 2.86. The van der Waals surface area contributed by atoms with Crippen molar-refractivity contribution >= 4 is 29.0 Å². The van der Waals surface area contributed by atoms with Crippen LogP contribution in [0.15, 0.2) is 29.6 Å². The maximum atomic E-state index is 12.5. The monoisotopic (exact) mass is 328 g/mol. The van der Waals surface area contributed by atoms with E-state index in [0.29, 0.717) is 12.8 Å². The van der Waals surface area contributed by atoms with Crippen molar-refractivity contribution in [2.45, 2.75) is 37.8 Å². The molecule has 0 saturated carbocycles. The van der Waals surface area contributed by atoms with Crippen molar-refractivity contribution in [2.75, 3.05) is 5.32 Å². The smallest absolute Gasteiger partial charge is 0.318 e. The van der Waals surface area contributed by atoms with Crippen molar-refractivity contribution in [3.63, 3.8) is 0 Å². The topological polar surface area (TPSA) is 75.2 Å². The average Bonchev–Trinajstić information content (AvgIpc) is 3.15. The first-order valence-electron chi connectivity index (χ1n) is 7.69. The molecule has 0 unspecified atom stereocenters. The molecule has 0 radical (unpaired) electrons. The van der Waals surface area contributed by atoms with Crippen molar-refractivity contribution < 1.29 is 9.59 Å².